The Hall–Kier alpha value is -2.18. The average Bonchev–Trinajstić information content (AvgIpc) is 3.13. The van der Waals surface area contributed by atoms with Gasteiger partial charge in [0.1, 0.15) is 0 Å². The minimum atomic E-state index is -3.73. The van der Waals surface area contributed by atoms with Crippen molar-refractivity contribution in [3.05, 3.63) is 70.8 Å². The molecule has 1 aliphatic carbocycles. The lowest BCUT2D eigenvalue weighted by molar-refractivity contribution is 0.351. The molecular weight excluding hydrogens is 376 g/mol. The third kappa shape index (κ3) is 3.92. The Morgan fingerprint density at radius 1 is 0.889 bits per heavy atom. The van der Waals surface area contributed by atoms with E-state index in [0.717, 1.165) is 24.1 Å². The summed E-state index contributed by atoms with van der Waals surface area (Å²) in [6.45, 7) is 0. The van der Waals surface area contributed by atoms with Crippen molar-refractivity contribution in [1.29, 1.82) is 0 Å². The second-order valence-corrected chi connectivity index (χ2v) is 9.25. The molecule has 27 heavy (non-hydrogen) atoms. The second kappa shape index (κ2) is 7.82. The van der Waals surface area contributed by atoms with Gasteiger partial charge in [-0.05, 0) is 30.5 Å². The first-order valence-electron chi connectivity index (χ1n) is 9.27. The van der Waals surface area contributed by atoms with Crippen molar-refractivity contribution in [3.8, 4) is 11.3 Å². The van der Waals surface area contributed by atoms with Gasteiger partial charge in [-0.3, -0.25) is 0 Å². The van der Waals surface area contributed by atoms with Crippen molar-refractivity contribution in [3.63, 3.8) is 0 Å². The van der Waals surface area contributed by atoms with Crippen molar-refractivity contribution < 1.29 is 8.42 Å². The maximum Gasteiger partial charge on any atom is 0.285 e. The third-order valence-electron chi connectivity index (χ3n) is 4.99. The normalized spacial score (nSPS) is 16.5. The zero-order valence-corrected chi connectivity index (χ0v) is 16.6. The van der Waals surface area contributed by atoms with Crippen molar-refractivity contribution in [1.82, 2.24) is 4.57 Å². The number of hydrogen-bond donors (Lipinski definition) is 0. The van der Waals surface area contributed by atoms with E-state index in [1.54, 1.807) is 30.3 Å². The molecule has 140 valence electrons. The van der Waals surface area contributed by atoms with Gasteiger partial charge in [0.05, 0.1) is 10.6 Å². The molecule has 0 aliphatic heterocycles. The molecule has 1 heterocycles. The quantitative estimate of drug-likeness (QED) is 0.620. The van der Waals surface area contributed by atoms with Gasteiger partial charge in [0, 0.05) is 11.4 Å². The van der Waals surface area contributed by atoms with Crippen molar-refractivity contribution in [2.75, 3.05) is 0 Å². The molecule has 0 N–H and O–H groups in total. The van der Waals surface area contributed by atoms with Gasteiger partial charge in [-0.2, -0.15) is 8.42 Å². The number of aromatic nitrogens is 1. The maximum absolute atomic E-state index is 12.8. The van der Waals surface area contributed by atoms with Gasteiger partial charge in [-0.15, -0.1) is 15.7 Å². The van der Waals surface area contributed by atoms with Crippen LogP contribution in [0.1, 0.15) is 38.1 Å². The van der Waals surface area contributed by atoms with E-state index in [4.69, 9.17) is 0 Å². The van der Waals surface area contributed by atoms with E-state index in [0.29, 0.717) is 10.8 Å². The summed E-state index contributed by atoms with van der Waals surface area (Å²) in [6, 6.07) is 18.9. The summed E-state index contributed by atoms with van der Waals surface area (Å²) >= 11 is 1.40. The molecule has 0 amide bonds. The van der Waals surface area contributed by atoms with Crippen LogP contribution >= 0.6 is 11.3 Å². The van der Waals surface area contributed by atoms with E-state index >= 15 is 0 Å². The van der Waals surface area contributed by atoms with Crippen LogP contribution in [0.15, 0.2) is 75.3 Å². The van der Waals surface area contributed by atoms with Crippen LogP contribution in [-0.2, 0) is 10.0 Å². The number of hydrogen-bond acceptors (Lipinski definition) is 3. The van der Waals surface area contributed by atoms with Crippen LogP contribution < -0.4 is 4.80 Å². The Labute approximate surface area is 163 Å². The molecule has 0 bridgehead atoms. The van der Waals surface area contributed by atoms with Crippen molar-refractivity contribution in [2.45, 2.75) is 43.0 Å². The minimum absolute atomic E-state index is 0.231. The molecular formula is C21H22N2O2S2. The molecule has 1 fully saturated rings. The Balaban J connectivity index is 1.87. The summed E-state index contributed by atoms with van der Waals surface area (Å²) in [7, 11) is -3.73. The maximum atomic E-state index is 12.8. The van der Waals surface area contributed by atoms with E-state index in [2.05, 4.69) is 21.1 Å². The Morgan fingerprint density at radius 2 is 1.52 bits per heavy atom. The standard InChI is InChI=1S/C21H22N2O2S2/c24-27(25,19-14-8-3-9-15-19)22-21-23(18-12-6-2-7-13-18)20(16-26-21)17-10-4-1-5-11-17/h1,3-5,8-11,14-16,18H,2,6-7,12-13H2/b22-21+. The van der Waals surface area contributed by atoms with Crippen LogP contribution in [0.5, 0.6) is 0 Å². The van der Waals surface area contributed by atoms with Crippen molar-refractivity contribution >= 4 is 21.4 Å². The average molecular weight is 399 g/mol. The summed E-state index contributed by atoms with van der Waals surface area (Å²) in [4.78, 5) is 0.791. The van der Waals surface area contributed by atoms with Crippen LogP contribution in [-0.4, -0.2) is 13.0 Å². The number of thiazole rings is 1. The van der Waals surface area contributed by atoms with Crippen molar-refractivity contribution in [2.24, 2.45) is 4.40 Å². The number of nitrogens with zero attached hydrogens (tertiary/aromatic N) is 2. The van der Waals surface area contributed by atoms with Crippen LogP contribution in [0.25, 0.3) is 11.3 Å². The van der Waals surface area contributed by atoms with Gasteiger partial charge in [-0.25, -0.2) is 0 Å². The number of benzene rings is 2. The van der Waals surface area contributed by atoms with Crippen LogP contribution in [0.3, 0.4) is 0 Å². The fourth-order valence-electron chi connectivity index (χ4n) is 3.65. The van der Waals surface area contributed by atoms with Gasteiger partial charge in [0.25, 0.3) is 10.0 Å². The third-order valence-corrected chi connectivity index (χ3v) is 7.23. The Bertz CT molecular complexity index is 1060. The molecule has 3 aromatic rings. The predicted molar refractivity (Wildman–Crippen MR) is 109 cm³/mol. The lowest BCUT2D eigenvalue weighted by Crippen LogP contribution is -2.25. The second-order valence-electron chi connectivity index (χ2n) is 6.81. The highest BCUT2D eigenvalue weighted by Gasteiger charge is 2.22. The highest BCUT2D eigenvalue weighted by molar-refractivity contribution is 7.90. The van der Waals surface area contributed by atoms with E-state index in [1.807, 2.05) is 23.6 Å². The van der Waals surface area contributed by atoms with Gasteiger partial charge >= 0.3 is 0 Å². The van der Waals surface area contributed by atoms with E-state index in [9.17, 15) is 8.42 Å². The van der Waals surface area contributed by atoms with Gasteiger partial charge in [0.2, 0.25) is 4.80 Å². The van der Waals surface area contributed by atoms with Gasteiger partial charge in [0.15, 0.2) is 0 Å². The molecule has 0 atom stereocenters. The first-order chi connectivity index (χ1) is 13.1. The van der Waals surface area contributed by atoms with Crippen LogP contribution in [0.4, 0.5) is 0 Å². The first-order valence-corrected chi connectivity index (χ1v) is 11.6. The molecule has 0 spiro atoms. The minimum Gasteiger partial charge on any atom is -0.313 e. The molecule has 0 radical (unpaired) electrons. The molecule has 0 saturated heterocycles. The van der Waals surface area contributed by atoms with Crippen LogP contribution in [0.2, 0.25) is 0 Å². The lowest BCUT2D eigenvalue weighted by Gasteiger charge is -2.25. The van der Waals surface area contributed by atoms with Crippen LogP contribution in [0, 0.1) is 0 Å². The molecule has 4 rings (SSSR count). The molecule has 2 aromatic carbocycles. The first kappa shape index (κ1) is 18.2. The Morgan fingerprint density at radius 3 is 2.19 bits per heavy atom. The summed E-state index contributed by atoms with van der Waals surface area (Å²) in [5.74, 6) is 0. The highest BCUT2D eigenvalue weighted by Crippen LogP contribution is 2.32. The molecule has 4 nitrogen and oxygen atoms in total. The zero-order chi connectivity index (χ0) is 18.7. The van der Waals surface area contributed by atoms with Gasteiger partial charge < -0.3 is 4.57 Å². The number of sulfonamides is 1. The van der Waals surface area contributed by atoms with Gasteiger partial charge in [-0.1, -0.05) is 67.8 Å². The zero-order valence-electron chi connectivity index (χ0n) is 15.0. The topological polar surface area (TPSA) is 51.4 Å². The monoisotopic (exact) mass is 398 g/mol. The molecule has 1 aliphatic rings. The van der Waals surface area contributed by atoms with E-state index < -0.39 is 10.0 Å². The van der Waals surface area contributed by atoms with E-state index in [1.165, 1.54) is 30.6 Å². The SMILES string of the molecule is O=S(=O)(/N=c1/scc(-c2ccccc2)n1C1CCCCC1)c1ccccc1. The summed E-state index contributed by atoms with van der Waals surface area (Å²) < 4.78 is 32.0. The fourth-order valence-corrected chi connectivity index (χ4v) is 5.84. The molecule has 0 unspecified atom stereocenters. The smallest absolute Gasteiger partial charge is 0.285 e. The molecule has 6 heteroatoms. The summed E-state index contributed by atoms with van der Waals surface area (Å²) in [5.41, 5.74) is 2.15. The number of rotatable bonds is 4. The van der Waals surface area contributed by atoms with E-state index in [-0.39, 0.29) is 4.90 Å². The fraction of sp³-hybridized carbons (Fsp3) is 0.286. The Kier molecular flexibility index (Phi) is 5.27. The predicted octanol–water partition coefficient (Wildman–Crippen LogP) is 5.01. The largest absolute Gasteiger partial charge is 0.313 e. The summed E-state index contributed by atoms with van der Waals surface area (Å²) in [6.07, 6.45) is 5.72. The highest BCUT2D eigenvalue weighted by atomic mass is 32.2. The molecule has 1 saturated carbocycles. The lowest BCUT2D eigenvalue weighted by atomic mass is 9.95. The summed E-state index contributed by atoms with van der Waals surface area (Å²) in [5, 5.41) is 2.03. The molecule has 1 aromatic heterocycles.